The lowest BCUT2D eigenvalue weighted by atomic mass is 10.1. The van der Waals surface area contributed by atoms with E-state index in [1.54, 1.807) is 6.07 Å². The summed E-state index contributed by atoms with van der Waals surface area (Å²) in [7, 11) is 0. The van der Waals surface area contributed by atoms with Gasteiger partial charge in [0, 0.05) is 10.7 Å². The number of fused-ring (bicyclic) bond motifs is 1. The van der Waals surface area contributed by atoms with Crippen LogP contribution in [-0.2, 0) is 6.61 Å². The highest BCUT2D eigenvalue weighted by molar-refractivity contribution is 9.10. The van der Waals surface area contributed by atoms with E-state index in [1.165, 1.54) is 5.56 Å². The van der Waals surface area contributed by atoms with Crippen molar-refractivity contribution in [2.45, 2.75) is 20.5 Å². The molecule has 2 heterocycles. The molecule has 0 radical (unpaired) electrons. The van der Waals surface area contributed by atoms with E-state index in [1.807, 2.05) is 29.7 Å². The predicted molar refractivity (Wildman–Crippen MR) is 85.3 cm³/mol. The zero-order valence-corrected chi connectivity index (χ0v) is 13.4. The molecule has 2 aromatic heterocycles. The Balaban J connectivity index is 1.91. The highest BCUT2D eigenvalue weighted by atomic mass is 79.9. The van der Waals surface area contributed by atoms with Gasteiger partial charge in [0.05, 0.1) is 5.69 Å². The summed E-state index contributed by atoms with van der Waals surface area (Å²) in [5.41, 5.74) is 9.47. The van der Waals surface area contributed by atoms with E-state index in [0.717, 1.165) is 15.8 Å². The minimum absolute atomic E-state index is 0.335. The first-order chi connectivity index (χ1) is 10.1. The average Bonchev–Trinajstić information content (AvgIpc) is 2.84. The number of nitrogens with two attached hydrogens (primary N) is 1. The molecule has 0 fully saturated rings. The smallest absolute Gasteiger partial charge is 0.184 e. The van der Waals surface area contributed by atoms with Crippen LogP contribution in [0, 0.1) is 13.8 Å². The Morgan fingerprint density at radius 2 is 2.10 bits per heavy atom. The third-order valence-electron chi connectivity index (χ3n) is 3.48. The lowest BCUT2D eigenvalue weighted by molar-refractivity contribution is 0.292. The van der Waals surface area contributed by atoms with Gasteiger partial charge in [-0.15, -0.1) is 10.2 Å². The van der Waals surface area contributed by atoms with Crippen LogP contribution in [0.5, 0.6) is 5.75 Å². The maximum Gasteiger partial charge on any atom is 0.184 e. The van der Waals surface area contributed by atoms with Crippen molar-refractivity contribution in [2.75, 3.05) is 5.73 Å². The molecular formula is C15H15BrN4O. The van der Waals surface area contributed by atoms with Gasteiger partial charge < -0.3 is 10.5 Å². The quantitative estimate of drug-likeness (QED) is 0.790. The fraction of sp³-hybridized carbons (Fsp3) is 0.200. The molecule has 0 spiro atoms. The number of ether oxygens (including phenoxy) is 1. The molecule has 21 heavy (non-hydrogen) atoms. The normalized spacial score (nSPS) is 11.0. The fourth-order valence-electron chi connectivity index (χ4n) is 2.15. The summed E-state index contributed by atoms with van der Waals surface area (Å²) in [5.74, 6) is 1.56. The number of hydrogen-bond donors (Lipinski definition) is 1. The van der Waals surface area contributed by atoms with Crippen LogP contribution < -0.4 is 10.5 Å². The van der Waals surface area contributed by atoms with Crippen LogP contribution in [0.4, 0.5) is 5.69 Å². The van der Waals surface area contributed by atoms with Crippen LogP contribution in [0.25, 0.3) is 5.65 Å². The zero-order valence-electron chi connectivity index (χ0n) is 11.8. The second-order valence-corrected chi connectivity index (χ2v) is 5.83. The van der Waals surface area contributed by atoms with E-state index < -0.39 is 0 Å². The van der Waals surface area contributed by atoms with Gasteiger partial charge in [-0.05, 0) is 53.0 Å². The Hall–Kier alpha value is -2.08. The van der Waals surface area contributed by atoms with Gasteiger partial charge >= 0.3 is 0 Å². The van der Waals surface area contributed by atoms with E-state index >= 15 is 0 Å². The van der Waals surface area contributed by atoms with E-state index in [-0.39, 0.29) is 0 Å². The number of benzene rings is 1. The van der Waals surface area contributed by atoms with Crippen molar-refractivity contribution >= 4 is 27.3 Å². The first kappa shape index (κ1) is 13.9. The van der Waals surface area contributed by atoms with Crippen LogP contribution in [-0.4, -0.2) is 14.6 Å². The molecule has 0 aliphatic rings. The van der Waals surface area contributed by atoms with Crippen molar-refractivity contribution in [3.05, 3.63) is 51.9 Å². The molecule has 0 atom stereocenters. The van der Waals surface area contributed by atoms with E-state index in [9.17, 15) is 0 Å². The summed E-state index contributed by atoms with van der Waals surface area (Å²) in [6.07, 6.45) is 1.88. The molecule has 1 aromatic carbocycles. The van der Waals surface area contributed by atoms with Gasteiger partial charge in [0.1, 0.15) is 12.4 Å². The molecule has 0 bridgehead atoms. The molecule has 5 nitrogen and oxygen atoms in total. The van der Waals surface area contributed by atoms with Gasteiger partial charge in [-0.2, -0.15) is 0 Å². The zero-order chi connectivity index (χ0) is 15.0. The van der Waals surface area contributed by atoms with Crippen LogP contribution in [0.3, 0.4) is 0 Å². The summed E-state index contributed by atoms with van der Waals surface area (Å²) >= 11 is 3.42. The van der Waals surface area contributed by atoms with Gasteiger partial charge in [-0.25, -0.2) is 0 Å². The second-order valence-electron chi connectivity index (χ2n) is 4.91. The van der Waals surface area contributed by atoms with Crippen molar-refractivity contribution in [2.24, 2.45) is 0 Å². The number of halogens is 1. The highest BCUT2D eigenvalue weighted by Crippen LogP contribution is 2.23. The molecule has 0 saturated heterocycles. The van der Waals surface area contributed by atoms with Gasteiger partial charge in [0.15, 0.2) is 11.5 Å². The Morgan fingerprint density at radius 1 is 1.29 bits per heavy atom. The van der Waals surface area contributed by atoms with Crippen LogP contribution in [0.2, 0.25) is 0 Å². The van der Waals surface area contributed by atoms with Gasteiger partial charge in [-0.3, -0.25) is 4.40 Å². The number of hydrogen-bond acceptors (Lipinski definition) is 4. The fourth-order valence-corrected chi connectivity index (χ4v) is 2.60. The number of rotatable bonds is 3. The van der Waals surface area contributed by atoms with Crippen LogP contribution >= 0.6 is 15.9 Å². The largest absolute Gasteiger partial charge is 0.485 e. The molecule has 0 unspecified atom stereocenters. The van der Waals surface area contributed by atoms with Crippen molar-refractivity contribution in [3.8, 4) is 5.75 Å². The summed E-state index contributed by atoms with van der Waals surface area (Å²) < 4.78 is 8.58. The Labute approximate surface area is 130 Å². The average molecular weight is 347 g/mol. The molecule has 0 amide bonds. The molecule has 6 heteroatoms. The van der Waals surface area contributed by atoms with Crippen molar-refractivity contribution < 1.29 is 4.74 Å². The lowest BCUT2D eigenvalue weighted by Crippen LogP contribution is -2.03. The highest BCUT2D eigenvalue weighted by Gasteiger charge is 2.10. The number of nitrogen functional groups attached to an aromatic ring is 1. The summed E-state index contributed by atoms with van der Waals surface area (Å²) in [4.78, 5) is 0. The van der Waals surface area contributed by atoms with Crippen LogP contribution in [0.1, 0.15) is 17.0 Å². The van der Waals surface area contributed by atoms with Gasteiger partial charge in [-0.1, -0.05) is 12.1 Å². The Kier molecular flexibility index (Phi) is 3.55. The number of aryl methyl sites for hydroxylation is 1. The lowest BCUT2D eigenvalue weighted by Gasteiger charge is -2.10. The minimum atomic E-state index is 0.335. The molecular weight excluding hydrogens is 332 g/mol. The molecule has 108 valence electrons. The molecule has 3 rings (SSSR count). The number of nitrogens with zero attached hydrogens (tertiary/aromatic N) is 3. The number of pyridine rings is 1. The number of anilines is 1. The van der Waals surface area contributed by atoms with Crippen molar-refractivity contribution in [3.63, 3.8) is 0 Å². The molecule has 2 N–H and O–H groups in total. The topological polar surface area (TPSA) is 65.4 Å². The van der Waals surface area contributed by atoms with E-state index in [0.29, 0.717) is 23.8 Å². The van der Waals surface area contributed by atoms with Crippen molar-refractivity contribution in [1.82, 2.24) is 14.6 Å². The molecule has 3 aromatic rings. The van der Waals surface area contributed by atoms with Crippen LogP contribution in [0.15, 0.2) is 34.9 Å². The maximum atomic E-state index is 5.93. The van der Waals surface area contributed by atoms with E-state index in [4.69, 9.17) is 10.5 Å². The predicted octanol–water partition coefficient (Wildman–Crippen LogP) is 3.27. The Bertz CT molecular complexity index is 813. The first-order valence-corrected chi connectivity index (χ1v) is 7.33. The summed E-state index contributed by atoms with van der Waals surface area (Å²) in [6.45, 7) is 4.44. The second kappa shape index (κ2) is 5.37. The number of aromatic nitrogens is 3. The monoisotopic (exact) mass is 346 g/mol. The molecule has 0 aliphatic heterocycles. The molecule has 0 saturated carbocycles. The van der Waals surface area contributed by atoms with Gasteiger partial charge in [0.25, 0.3) is 0 Å². The first-order valence-electron chi connectivity index (χ1n) is 6.54. The summed E-state index contributed by atoms with van der Waals surface area (Å²) in [5, 5.41) is 8.25. The van der Waals surface area contributed by atoms with Crippen molar-refractivity contribution in [1.29, 1.82) is 0 Å². The minimum Gasteiger partial charge on any atom is -0.485 e. The molecule has 0 aliphatic carbocycles. The van der Waals surface area contributed by atoms with Gasteiger partial charge in [0.2, 0.25) is 0 Å². The summed E-state index contributed by atoms with van der Waals surface area (Å²) in [6, 6.07) is 7.80. The third-order valence-corrected chi connectivity index (χ3v) is 3.92. The maximum absolute atomic E-state index is 5.93. The third kappa shape index (κ3) is 2.58. The van der Waals surface area contributed by atoms with E-state index in [2.05, 4.69) is 39.1 Å². The standard InChI is InChI=1S/C15H15BrN4O/c1-9-4-3-5-13(10(9)2)21-8-14-18-19-15-12(17)6-11(16)7-20(14)15/h3-7H,8,17H2,1-2H3. The Morgan fingerprint density at radius 3 is 2.90 bits per heavy atom. The SMILES string of the molecule is Cc1cccc(OCc2nnc3c(N)cc(Br)cn23)c1C.